The second-order valence-electron chi connectivity index (χ2n) is 26.4. The van der Waals surface area contributed by atoms with Gasteiger partial charge in [-0.1, -0.05) is 60.7 Å². The number of ether oxygens (including phenoxy) is 11. The SMILES string of the molecule is COC(=O)C(Cc1ccc(O)c(O)c1)OC(=O)/C=C/C1=C[C@H]2[C@H](c3ccc(O)c(O)c3)[C@@H](C(=O)OC(Cc3ccc(O)c(O)c3)C(=O)OC)[C@@H]1[C@@]1(O)O[C@H]3[C@H]4C=C(/C=C/C(=O)OC(Cc5ccc(O)c(O)c5)C(=O)OC)[C@H]([C@H](C(=O)OC(Cc5ccc(O)c(O)c5)C(=O)OC)[C@H]4c4ccc(O)c(O)c4)[C@@]3(OC)O[C@@H]21. The van der Waals surface area contributed by atoms with E-state index in [1.165, 1.54) is 48.6 Å². The monoisotopic (exact) mass is 1510 g/mol. The van der Waals surface area contributed by atoms with Gasteiger partial charge in [0.15, 0.2) is 69.0 Å². The molecular weight excluding hydrogens is 1440 g/mol. The van der Waals surface area contributed by atoms with Crippen molar-refractivity contribution in [1.29, 1.82) is 0 Å². The molecule has 3 fully saturated rings. The number of allylic oxidation sites excluding steroid dienone is 2. The van der Waals surface area contributed by atoms with E-state index in [0.29, 0.717) is 0 Å². The molecule has 6 aliphatic carbocycles. The first-order valence-electron chi connectivity index (χ1n) is 33.5. The number of fused-ring (bicyclic) bond motifs is 2. The molecule has 1 aliphatic heterocycles. The standard InChI is InChI=1S/C77H74O32/c1-99-70(92)56(26-34-6-14-44(78)50(84)22-34)104-60(90)20-12-40-30-42-62(38-10-18-48(82)54(88)32-38)64(74(96)106-58(72(94)101-3)28-36-8-16-46(80)52(86)24-36)66(40)76(98)68(42)109-77(103-5)67-41(13-21-61(91)105-57(71(93)100-2)27-35-7-15-45(79)51(85)23-35)31-43(69(77)108-76)63(39-11-19-49(83)55(89)33-39)65(67)75(97)107-59(73(95)102-4)29-37-9-17-47(81)53(87)25-37/h6-25,30-33,42-43,56-59,62-69,78-89,98H,26-29H2,1-5H3/b20-12+,21-13+/t42-,43-,56?,57?,58?,59?,62-,63-,64+,65+,66+,67+,68-,69-,76+,77+/m0/s1. The molecule has 4 bridgehead atoms. The van der Waals surface area contributed by atoms with Gasteiger partial charge in [0.1, 0.15) is 12.2 Å². The molecule has 1 saturated heterocycles. The van der Waals surface area contributed by atoms with Gasteiger partial charge in [-0.3, -0.25) is 9.59 Å². The number of hydrogen-bond donors (Lipinski definition) is 13. The zero-order valence-electron chi connectivity index (χ0n) is 58.3. The minimum absolute atomic E-state index is 0.00302. The van der Waals surface area contributed by atoms with Gasteiger partial charge in [0.2, 0.25) is 36.0 Å². The Hall–Kier alpha value is -12.5. The highest BCUT2D eigenvalue weighted by molar-refractivity contribution is 5.89. The van der Waals surface area contributed by atoms with Crippen molar-refractivity contribution in [3.05, 3.63) is 190 Å². The molecule has 0 amide bonds. The Morgan fingerprint density at radius 3 is 1.01 bits per heavy atom. The van der Waals surface area contributed by atoms with E-state index in [1.807, 2.05) is 0 Å². The maximum absolute atomic E-state index is 16.0. The summed E-state index contributed by atoms with van der Waals surface area (Å²) in [5, 5.41) is 141. The lowest BCUT2D eigenvalue weighted by Crippen LogP contribution is -2.79. The summed E-state index contributed by atoms with van der Waals surface area (Å²) >= 11 is 0. The van der Waals surface area contributed by atoms with Crippen LogP contribution >= 0.6 is 0 Å². The van der Waals surface area contributed by atoms with Crippen LogP contribution in [0, 0.1) is 35.5 Å². The summed E-state index contributed by atoms with van der Waals surface area (Å²) in [6.45, 7) is 0. The Labute approximate surface area is 618 Å². The fourth-order valence-electron chi connectivity index (χ4n) is 15.1. The predicted molar refractivity (Wildman–Crippen MR) is 366 cm³/mol. The molecular formula is C77H74O32. The van der Waals surface area contributed by atoms with Gasteiger partial charge in [0.25, 0.3) is 0 Å². The fraction of sp³-hybridized carbons (Fsp3) is 0.325. The zero-order chi connectivity index (χ0) is 78.8. The van der Waals surface area contributed by atoms with E-state index in [-0.39, 0.29) is 44.5 Å². The van der Waals surface area contributed by atoms with Gasteiger partial charge in [-0.2, -0.15) is 0 Å². The number of benzene rings is 6. The lowest BCUT2D eigenvalue weighted by Gasteiger charge is -2.68. The Morgan fingerprint density at radius 1 is 0.385 bits per heavy atom. The van der Waals surface area contributed by atoms with Crippen LogP contribution in [0.2, 0.25) is 0 Å². The van der Waals surface area contributed by atoms with Crippen LogP contribution in [-0.4, -0.2) is 198 Å². The maximum Gasteiger partial charge on any atom is 0.347 e. The molecule has 574 valence electrons. The second kappa shape index (κ2) is 31.5. The molecule has 0 spiro atoms. The van der Waals surface area contributed by atoms with Crippen LogP contribution in [0.15, 0.2) is 157 Å². The number of phenolic OH excluding ortho intramolecular Hbond substituents is 12. The predicted octanol–water partition coefficient (Wildman–Crippen LogP) is 4.86. The summed E-state index contributed by atoms with van der Waals surface area (Å²) in [5.41, 5.74) is 0.335. The second-order valence-corrected chi connectivity index (χ2v) is 26.4. The first kappa shape index (κ1) is 77.6. The molecule has 1 heterocycles. The Bertz CT molecular complexity index is 4710. The zero-order valence-corrected chi connectivity index (χ0v) is 58.3. The van der Waals surface area contributed by atoms with Gasteiger partial charge in [-0.05, 0) is 117 Å². The van der Waals surface area contributed by atoms with Crippen LogP contribution in [0.5, 0.6) is 69.0 Å². The lowest BCUT2D eigenvalue weighted by atomic mass is 9.50. The first-order chi connectivity index (χ1) is 51.8. The van der Waals surface area contributed by atoms with Crippen molar-refractivity contribution in [3.8, 4) is 69.0 Å². The van der Waals surface area contributed by atoms with Gasteiger partial charge >= 0.3 is 47.8 Å². The number of aliphatic hydroxyl groups is 1. The van der Waals surface area contributed by atoms with Crippen LogP contribution in [0.1, 0.15) is 45.2 Å². The van der Waals surface area contributed by atoms with Crippen molar-refractivity contribution in [2.75, 3.05) is 35.5 Å². The average Bonchev–Trinajstić information content (AvgIpc) is 0.664. The van der Waals surface area contributed by atoms with Crippen LogP contribution in [-0.2, 0) is 116 Å². The molecule has 0 radical (unpaired) electrons. The van der Waals surface area contributed by atoms with E-state index in [0.717, 1.165) is 133 Å². The molecule has 6 aromatic carbocycles. The summed E-state index contributed by atoms with van der Waals surface area (Å²) in [7, 11) is 5.08. The van der Waals surface area contributed by atoms with Crippen molar-refractivity contribution in [1.82, 2.24) is 0 Å². The van der Waals surface area contributed by atoms with E-state index < -0.39 is 238 Å². The number of rotatable bonds is 25. The normalized spacial score (nSPS) is 24.7. The van der Waals surface area contributed by atoms with Crippen LogP contribution < -0.4 is 0 Å². The number of aromatic hydroxyl groups is 12. The van der Waals surface area contributed by atoms with Crippen molar-refractivity contribution in [3.63, 3.8) is 0 Å². The molecule has 2 saturated carbocycles. The van der Waals surface area contributed by atoms with Gasteiger partial charge in [-0.25, -0.2) is 28.8 Å². The molecule has 13 N–H and O–H groups in total. The summed E-state index contributed by atoms with van der Waals surface area (Å²) in [6.07, 6.45) is -6.27. The Kier molecular flexibility index (Phi) is 22.4. The number of carbonyl (C=O) groups excluding carboxylic acids is 8. The maximum atomic E-state index is 16.0. The van der Waals surface area contributed by atoms with Crippen LogP contribution in [0.25, 0.3) is 0 Å². The fourth-order valence-corrected chi connectivity index (χ4v) is 15.1. The highest BCUT2D eigenvalue weighted by atomic mass is 16.8. The van der Waals surface area contributed by atoms with Crippen molar-refractivity contribution >= 4 is 47.8 Å². The third-order valence-corrected chi connectivity index (χ3v) is 20.0. The Morgan fingerprint density at radius 2 is 0.688 bits per heavy atom. The molecule has 6 aromatic rings. The molecule has 4 unspecified atom stereocenters. The third-order valence-electron chi connectivity index (χ3n) is 20.0. The quantitative estimate of drug-likeness (QED) is 0.0157. The van der Waals surface area contributed by atoms with Gasteiger partial charge in [0, 0.05) is 68.6 Å². The molecule has 109 heavy (non-hydrogen) atoms. The number of methoxy groups -OCH3 is 5. The number of esters is 8. The largest absolute Gasteiger partial charge is 0.504 e. The molecule has 32 heteroatoms. The lowest BCUT2D eigenvalue weighted by molar-refractivity contribution is -0.479. The average molecular weight is 1510 g/mol. The van der Waals surface area contributed by atoms with Crippen molar-refractivity contribution in [2.45, 2.75) is 85.7 Å². The summed E-state index contributed by atoms with van der Waals surface area (Å²) in [6, 6.07) is 20.9. The third kappa shape index (κ3) is 15.4. The smallest absolute Gasteiger partial charge is 0.347 e. The van der Waals surface area contributed by atoms with E-state index in [1.54, 1.807) is 0 Å². The minimum Gasteiger partial charge on any atom is -0.504 e. The van der Waals surface area contributed by atoms with Gasteiger partial charge in [-0.15, -0.1) is 0 Å². The summed E-state index contributed by atoms with van der Waals surface area (Å²) in [4.78, 5) is 115. The highest BCUT2D eigenvalue weighted by Crippen LogP contribution is 2.68. The van der Waals surface area contributed by atoms with Crippen molar-refractivity contribution in [2.24, 2.45) is 35.5 Å². The van der Waals surface area contributed by atoms with E-state index in [2.05, 4.69) is 0 Å². The van der Waals surface area contributed by atoms with Crippen LogP contribution in [0.4, 0.5) is 0 Å². The molecule has 0 aromatic heterocycles. The number of carbonyl (C=O) groups is 8. The topological polar surface area (TPSA) is 501 Å². The Balaban J connectivity index is 1.09. The van der Waals surface area contributed by atoms with Gasteiger partial charge in [0.05, 0.1) is 52.1 Å². The van der Waals surface area contributed by atoms with E-state index >= 15 is 9.59 Å². The minimum atomic E-state index is -3.01. The summed E-state index contributed by atoms with van der Waals surface area (Å²) in [5.74, 6) is -36.2. The molecule has 16 atom stereocenters. The molecule has 7 aliphatic rings. The van der Waals surface area contributed by atoms with E-state index in [4.69, 9.17) is 52.1 Å². The number of hydrogen-bond acceptors (Lipinski definition) is 32. The van der Waals surface area contributed by atoms with Crippen LogP contribution in [0.3, 0.4) is 0 Å². The molecule has 32 nitrogen and oxygen atoms in total. The number of phenols is 12. The van der Waals surface area contributed by atoms with Gasteiger partial charge < -0.3 is 118 Å². The highest BCUT2D eigenvalue weighted by Gasteiger charge is 2.77. The molecule has 13 rings (SSSR count). The van der Waals surface area contributed by atoms with E-state index in [9.17, 15) is 95.2 Å². The summed E-state index contributed by atoms with van der Waals surface area (Å²) < 4.78 is 64.9. The first-order valence-corrected chi connectivity index (χ1v) is 33.5. The van der Waals surface area contributed by atoms with Crippen molar-refractivity contribution < 1.29 is 157 Å².